The Bertz CT molecular complexity index is 1210. The highest BCUT2D eigenvalue weighted by Crippen LogP contribution is 2.16. The van der Waals surface area contributed by atoms with Crippen molar-refractivity contribution in [3.63, 3.8) is 0 Å². The number of unbranched alkanes of at least 4 members (excludes halogenated alkanes) is 31. The van der Waals surface area contributed by atoms with E-state index in [-0.39, 0.29) is 31.1 Å². The standard InChI is InChI=1S/C61H108O6/c1-4-7-10-13-16-19-22-25-28-30-33-36-39-42-45-48-51-54-60(63)66-57-58(56-65-59(62)53-50-47-44-41-38-35-32-27-24-21-18-15-12-9-6-3)67-61(64)55-52-49-46-43-40-37-34-31-29-26-23-20-17-14-11-8-5-2/h9,12,16,18-19,21,25,27-28,32,58H,4-8,10-11,13-15,17,20,22-24,26,29-31,33-57H2,1-3H3/b12-9-,19-16-,21-18-,28-25-,32-27-/t58-/m1/s1. The molecule has 0 aliphatic heterocycles. The van der Waals surface area contributed by atoms with Crippen LogP contribution in [-0.4, -0.2) is 37.2 Å². The van der Waals surface area contributed by atoms with Crippen LogP contribution in [0.4, 0.5) is 0 Å². The van der Waals surface area contributed by atoms with Crippen molar-refractivity contribution in [2.24, 2.45) is 0 Å². The van der Waals surface area contributed by atoms with Gasteiger partial charge in [0.1, 0.15) is 13.2 Å². The van der Waals surface area contributed by atoms with Crippen molar-refractivity contribution in [2.75, 3.05) is 13.2 Å². The molecule has 0 amide bonds. The Morgan fingerprint density at radius 3 is 0.940 bits per heavy atom. The molecule has 0 aromatic heterocycles. The topological polar surface area (TPSA) is 78.9 Å². The molecule has 0 aliphatic carbocycles. The van der Waals surface area contributed by atoms with Gasteiger partial charge < -0.3 is 14.2 Å². The molecule has 6 heteroatoms. The molecule has 0 spiro atoms. The molecule has 0 heterocycles. The third-order valence-corrected chi connectivity index (χ3v) is 12.5. The molecule has 0 saturated heterocycles. The molecule has 0 aromatic rings. The summed E-state index contributed by atoms with van der Waals surface area (Å²) in [5.74, 6) is -0.893. The SMILES string of the molecule is CC/C=C\C/C=C\C/C=C\CCCCCCCC(=O)OC[C@H](COC(=O)CCCCCCCCC/C=C\C/C=C\CCCCC)OC(=O)CCCCCCCCCCCCCCCCCCC. The van der Waals surface area contributed by atoms with Gasteiger partial charge in [-0.25, -0.2) is 0 Å². The molecule has 0 bridgehead atoms. The first-order chi connectivity index (χ1) is 33.0. The smallest absolute Gasteiger partial charge is 0.306 e. The van der Waals surface area contributed by atoms with Crippen LogP contribution >= 0.6 is 0 Å². The van der Waals surface area contributed by atoms with Gasteiger partial charge in [-0.15, -0.1) is 0 Å². The van der Waals surface area contributed by atoms with E-state index in [1.54, 1.807) is 0 Å². The van der Waals surface area contributed by atoms with Gasteiger partial charge in [0.2, 0.25) is 0 Å². The quantitative estimate of drug-likeness (QED) is 0.0262. The first-order valence-electron chi connectivity index (χ1n) is 28.8. The van der Waals surface area contributed by atoms with Crippen molar-refractivity contribution < 1.29 is 28.6 Å². The highest BCUT2D eigenvalue weighted by molar-refractivity contribution is 5.71. The summed E-state index contributed by atoms with van der Waals surface area (Å²) in [6.07, 6.45) is 69.2. The van der Waals surface area contributed by atoms with Crippen LogP contribution in [0.15, 0.2) is 60.8 Å². The highest BCUT2D eigenvalue weighted by atomic mass is 16.6. The van der Waals surface area contributed by atoms with E-state index in [9.17, 15) is 14.4 Å². The zero-order chi connectivity index (χ0) is 48.6. The number of carbonyl (C=O) groups excluding carboxylic acids is 3. The Kier molecular flexibility index (Phi) is 53.3. The van der Waals surface area contributed by atoms with Gasteiger partial charge in [-0.3, -0.25) is 14.4 Å². The summed E-state index contributed by atoms with van der Waals surface area (Å²) >= 11 is 0. The van der Waals surface area contributed by atoms with E-state index in [1.165, 1.54) is 141 Å². The summed E-state index contributed by atoms with van der Waals surface area (Å²) in [7, 11) is 0. The summed E-state index contributed by atoms with van der Waals surface area (Å²) < 4.78 is 16.9. The van der Waals surface area contributed by atoms with Gasteiger partial charge >= 0.3 is 17.9 Å². The predicted octanol–water partition coefficient (Wildman–Crippen LogP) is 19.2. The van der Waals surface area contributed by atoms with Crippen LogP contribution in [0.3, 0.4) is 0 Å². The Hall–Kier alpha value is -2.89. The Morgan fingerprint density at radius 1 is 0.313 bits per heavy atom. The van der Waals surface area contributed by atoms with E-state index in [0.717, 1.165) is 109 Å². The minimum atomic E-state index is -0.783. The normalized spacial score (nSPS) is 12.5. The van der Waals surface area contributed by atoms with E-state index < -0.39 is 6.10 Å². The lowest BCUT2D eigenvalue weighted by atomic mass is 10.0. The second-order valence-electron chi connectivity index (χ2n) is 19.2. The van der Waals surface area contributed by atoms with Crippen LogP contribution in [0.5, 0.6) is 0 Å². The highest BCUT2D eigenvalue weighted by Gasteiger charge is 2.19. The van der Waals surface area contributed by atoms with E-state index >= 15 is 0 Å². The number of rotatable bonds is 52. The number of allylic oxidation sites excluding steroid dienone is 10. The van der Waals surface area contributed by atoms with Gasteiger partial charge in [0.15, 0.2) is 6.10 Å². The largest absolute Gasteiger partial charge is 0.462 e. The molecular weight excluding hydrogens is 829 g/mol. The van der Waals surface area contributed by atoms with Crippen LogP contribution in [-0.2, 0) is 28.6 Å². The van der Waals surface area contributed by atoms with Gasteiger partial charge in [0.25, 0.3) is 0 Å². The lowest BCUT2D eigenvalue weighted by Gasteiger charge is -2.18. The molecule has 0 N–H and O–H groups in total. The van der Waals surface area contributed by atoms with Crippen molar-refractivity contribution in [1.82, 2.24) is 0 Å². The van der Waals surface area contributed by atoms with Crippen LogP contribution in [0.25, 0.3) is 0 Å². The zero-order valence-corrected chi connectivity index (χ0v) is 44.4. The van der Waals surface area contributed by atoms with Crippen molar-refractivity contribution in [1.29, 1.82) is 0 Å². The number of carbonyl (C=O) groups is 3. The molecule has 0 saturated carbocycles. The molecule has 0 aliphatic rings. The number of hydrogen-bond acceptors (Lipinski definition) is 6. The summed E-state index contributed by atoms with van der Waals surface area (Å²) in [5, 5.41) is 0. The monoisotopic (exact) mass is 937 g/mol. The van der Waals surface area contributed by atoms with Crippen LogP contribution in [0.2, 0.25) is 0 Å². The fourth-order valence-corrected chi connectivity index (χ4v) is 8.19. The fourth-order valence-electron chi connectivity index (χ4n) is 8.19. The van der Waals surface area contributed by atoms with E-state index in [0.29, 0.717) is 19.3 Å². The second-order valence-corrected chi connectivity index (χ2v) is 19.2. The van der Waals surface area contributed by atoms with Crippen molar-refractivity contribution in [2.45, 2.75) is 297 Å². The minimum Gasteiger partial charge on any atom is -0.462 e. The van der Waals surface area contributed by atoms with Gasteiger partial charge in [0.05, 0.1) is 0 Å². The average molecular weight is 938 g/mol. The van der Waals surface area contributed by atoms with E-state index in [4.69, 9.17) is 14.2 Å². The molecule has 67 heavy (non-hydrogen) atoms. The maximum atomic E-state index is 12.9. The molecule has 6 nitrogen and oxygen atoms in total. The molecule has 1 atom stereocenters. The first-order valence-corrected chi connectivity index (χ1v) is 28.8. The van der Waals surface area contributed by atoms with Gasteiger partial charge in [0, 0.05) is 19.3 Å². The molecule has 0 radical (unpaired) electrons. The second kappa shape index (κ2) is 55.7. The van der Waals surface area contributed by atoms with E-state index in [1.807, 2.05) is 0 Å². The van der Waals surface area contributed by atoms with Crippen molar-refractivity contribution in [3.8, 4) is 0 Å². The minimum absolute atomic E-state index is 0.0817. The third-order valence-electron chi connectivity index (χ3n) is 12.5. The van der Waals surface area contributed by atoms with Crippen LogP contribution in [0, 0.1) is 0 Å². The zero-order valence-electron chi connectivity index (χ0n) is 44.4. The maximum Gasteiger partial charge on any atom is 0.306 e. The molecule has 388 valence electrons. The fraction of sp³-hybridized carbons (Fsp3) is 0.787. The van der Waals surface area contributed by atoms with Crippen LogP contribution in [0.1, 0.15) is 290 Å². The lowest BCUT2D eigenvalue weighted by Crippen LogP contribution is -2.30. The van der Waals surface area contributed by atoms with Crippen molar-refractivity contribution >= 4 is 17.9 Å². The third kappa shape index (κ3) is 53.9. The van der Waals surface area contributed by atoms with Gasteiger partial charge in [-0.1, -0.05) is 248 Å². The summed E-state index contributed by atoms with van der Waals surface area (Å²) in [6.45, 7) is 6.51. The van der Waals surface area contributed by atoms with Gasteiger partial charge in [-0.05, 0) is 83.5 Å². The number of ether oxygens (including phenoxy) is 3. The summed E-state index contributed by atoms with van der Waals surface area (Å²) in [5.41, 5.74) is 0. The molecule has 0 rings (SSSR count). The van der Waals surface area contributed by atoms with Gasteiger partial charge in [-0.2, -0.15) is 0 Å². The Labute approximate surface area is 415 Å². The lowest BCUT2D eigenvalue weighted by molar-refractivity contribution is -0.167. The number of hydrogen-bond donors (Lipinski definition) is 0. The maximum absolute atomic E-state index is 12.9. The summed E-state index contributed by atoms with van der Waals surface area (Å²) in [6, 6.07) is 0. The number of esters is 3. The first kappa shape index (κ1) is 64.1. The van der Waals surface area contributed by atoms with Crippen molar-refractivity contribution in [3.05, 3.63) is 60.8 Å². The average Bonchev–Trinajstić information content (AvgIpc) is 3.33. The molecule has 0 unspecified atom stereocenters. The van der Waals surface area contributed by atoms with E-state index in [2.05, 4.69) is 81.5 Å². The molecule has 0 fully saturated rings. The Balaban J connectivity index is 4.39. The summed E-state index contributed by atoms with van der Waals surface area (Å²) in [4.78, 5) is 38.2. The molecule has 0 aromatic carbocycles. The molecular formula is C61H108O6. The Morgan fingerprint density at radius 2 is 0.582 bits per heavy atom. The predicted molar refractivity (Wildman–Crippen MR) is 288 cm³/mol. The van der Waals surface area contributed by atoms with Crippen LogP contribution < -0.4 is 0 Å².